The lowest BCUT2D eigenvalue weighted by atomic mass is 10.2. The standard InChI is InChI=1S/C23H18ClNOS2/c1-15-7-11-17(12-8-15)28-22-21(27-18-13-9-16(24)10-14-18)19-5-3-4-6-20(19)25(2)23(22)26/h3-14H,1-2H3. The van der Waals surface area contributed by atoms with Crippen LogP contribution in [0.4, 0.5) is 0 Å². The predicted molar refractivity (Wildman–Crippen MR) is 120 cm³/mol. The van der Waals surface area contributed by atoms with Crippen LogP contribution in [0.15, 0.2) is 97.2 Å². The molecule has 4 rings (SSSR count). The van der Waals surface area contributed by atoms with Crippen molar-refractivity contribution in [3.63, 3.8) is 0 Å². The lowest BCUT2D eigenvalue weighted by Crippen LogP contribution is -2.19. The van der Waals surface area contributed by atoms with E-state index < -0.39 is 0 Å². The zero-order chi connectivity index (χ0) is 19.7. The fourth-order valence-electron chi connectivity index (χ4n) is 2.98. The van der Waals surface area contributed by atoms with Crippen LogP contribution in [0.1, 0.15) is 5.56 Å². The van der Waals surface area contributed by atoms with E-state index in [1.165, 1.54) is 17.3 Å². The van der Waals surface area contributed by atoms with Crippen molar-refractivity contribution in [3.8, 4) is 0 Å². The molecule has 2 nitrogen and oxygen atoms in total. The van der Waals surface area contributed by atoms with Gasteiger partial charge in [-0.15, -0.1) is 0 Å². The summed E-state index contributed by atoms with van der Waals surface area (Å²) in [5.41, 5.74) is 2.14. The van der Waals surface area contributed by atoms with Crippen molar-refractivity contribution in [2.45, 2.75) is 26.5 Å². The Bertz CT molecular complexity index is 1200. The molecular formula is C23H18ClNOS2. The first-order valence-electron chi connectivity index (χ1n) is 8.82. The van der Waals surface area contributed by atoms with Crippen LogP contribution in [-0.4, -0.2) is 4.57 Å². The maximum atomic E-state index is 13.2. The number of pyridine rings is 1. The second-order valence-electron chi connectivity index (χ2n) is 6.51. The zero-order valence-electron chi connectivity index (χ0n) is 15.5. The number of rotatable bonds is 4. The Morgan fingerprint density at radius 1 is 0.786 bits per heavy atom. The van der Waals surface area contributed by atoms with Gasteiger partial charge in [0.1, 0.15) is 0 Å². The number of fused-ring (bicyclic) bond motifs is 1. The number of nitrogens with zero attached hydrogens (tertiary/aromatic N) is 1. The Morgan fingerprint density at radius 2 is 1.36 bits per heavy atom. The molecule has 1 heterocycles. The van der Waals surface area contributed by atoms with Gasteiger partial charge < -0.3 is 4.57 Å². The minimum atomic E-state index is 0.0146. The number of hydrogen-bond acceptors (Lipinski definition) is 3. The summed E-state index contributed by atoms with van der Waals surface area (Å²) in [6, 6.07) is 24.0. The van der Waals surface area contributed by atoms with Gasteiger partial charge in [-0.3, -0.25) is 4.79 Å². The Morgan fingerprint density at radius 3 is 2.04 bits per heavy atom. The van der Waals surface area contributed by atoms with Crippen molar-refractivity contribution in [2.24, 2.45) is 7.05 Å². The number of hydrogen-bond donors (Lipinski definition) is 0. The van der Waals surface area contributed by atoms with Crippen LogP contribution in [0, 0.1) is 6.92 Å². The highest BCUT2D eigenvalue weighted by atomic mass is 35.5. The summed E-state index contributed by atoms with van der Waals surface area (Å²) in [6.45, 7) is 2.06. The van der Waals surface area contributed by atoms with Gasteiger partial charge in [0.25, 0.3) is 5.56 Å². The molecule has 0 N–H and O–H groups in total. The first kappa shape index (κ1) is 19.2. The summed E-state index contributed by atoms with van der Waals surface area (Å²) in [6.07, 6.45) is 0. The molecule has 140 valence electrons. The first-order valence-corrected chi connectivity index (χ1v) is 10.8. The molecule has 3 aromatic carbocycles. The van der Waals surface area contributed by atoms with Crippen molar-refractivity contribution in [1.82, 2.24) is 4.57 Å². The van der Waals surface area contributed by atoms with E-state index >= 15 is 0 Å². The molecule has 0 aliphatic rings. The molecule has 5 heteroatoms. The number of halogens is 1. The Balaban J connectivity index is 1.90. The van der Waals surface area contributed by atoms with E-state index in [4.69, 9.17) is 11.6 Å². The zero-order valence-corrected chi connectivity index (χ0v) is 17.9. The van der Waals surface area contributed by atoms with E-state index in [0.29, 0.717) is 5.02 Å². The second-order valence-corrected chi connectivity index (χ2v) is 9.11. The number of aromatic nitrogens is 1. The van der Waals surface area contributed by atoms with E-state index in [1.54, 1.807) is 16.3 Å². The fraction of sp³-hybridized carbons (Fsp3) is 0.0870. The van der Waals surface area contributed by atoms with Crippen molar-refractivity contribution in [1.29, 1.82) is 0 Å². The van der Waals surface area contributed by atoms with Crippen LogP contribution in [0.5, 0.6) is 0 Å². The van der Waals surface area contributed by atoms with Gasteiger partial charge in [-0.25, -0.2) is 0 Å². The quantitative estimate of drug-likeness (QED) is 0.360. The second kappa shape index (κ2) is 8.08. The largest absolute Gasteiger partial charge is 0.310 e. The van der Waals surface area contributed by atoms with Gasteiger partial charge in [-0.2, -0.15) is 0 Å². The number of aryl methyl sites for hydroxylation is 2. The van der Waals surface area contributed by atoms with Crippen LogP contribution < -0.4 is 5.56 Å². The molecule has 0 unspecified atom stereocenters. The summed E-state index contributed by atoms with van der Waals surface area (Å²) < 4.78 is 1.73. The van der Waals surface area contributed by atoms with E-state index in [1.807, 2.05) is 49.5 Å². The third-order valence-corrected chi connectivity index (χ3v) is 7.10. The molecular weight excluding hydrogens is 406 g/mol. The summed E-state index contributed by atoms with van der Waals surface area (Å²) >= 11 is 9.17. The average Bonchev–Trinajstić information content (AvgIpc) is 2.71. The van der Waals surface area contributed by atoms with Crippen LogP contribution in [0.2, 0.25) is 5.02 Å². The van der Waals surface area contributed by atoms with Gasteiger partial charge >= 0.3 is 0 Å². The van der Waals surface area contributed by atoms with Gasteiger partial charge in [0, 0.05) is 32.1 Å². The van der Waals surface area contributed by atoms with Gasteiger partial charge in [-0.05, 0) is 49.4 Å². The maximum Gasteiger partial charge on any atom is 0.265 e. The molecule has 0 fully saturated rings. The third-order valence-electron chi connectivity index (χ3n) is 4.49. The molecule has 0 spiro atoms. The van der Waals surface area contributed by atoms with Crippen molar-refractivity contribution >= 4 is 46.0 Å². The van der Waals surface area contributed by atoms with Gasteiger partial charge in [-0.1, -0.05) is 71.0 Å². The minimum absolute atomic E-state index is 0.0146. The first-order chi connectivity index (χ1) is 13.5. The van der Waals surface area contributed by atoms with Gasteiger partial charge in [0.2, 0.25) is 0 Å². The highest BCUT2D eigenvalue weighted by molar-refractivity contribution is 8.02. The van der Waals surface area contributed by atoms with Crippen molar-refractivity contribution in [3.05, 3.63) is 93.7 Å². The van der Waals surface area contributed by atoms with Crippen LogP contribution in [-0.2, 0) is 7.05 Å². The van der Waals surface area contributed by atoms with Crippen molar-refractivity contribution in [2.75, 3.05) is 0 Å². The molecule has 28 heavy (non-hydrogen) atoms. The molecule has 0 saturated heterocycles. The lowest BCUT2D eigenvalue weighted by Gasteiger charge is -2.15. The van der Waals surface area contributed by atoms with Crippen LogP contribution in [0.25, 0.3) is 10.9 Å². The molecule has 0 saturated carbocycles. The molecule has 4 aromatic rings. The van der Waals surface area contributed by atoms with Gasteiger partial charge in [0.15, 0.2) is 0 Å². The van der Waals surface area contributed by atoms with Gasteiger partial charge in [0.05, 0.1) is 10.4 Å². The minimum Gasteiger partial charge on any atom is -0.310 e. The Kier molecular flexibility index (Phi) is 5.54. The highest BCUT2D eigenvalue weighted by Gasteiger charge is 2.17. The van der Waals surface area contributed by atoms with Crippen molar-refractivity contribution < 1.29 is 0 Å². The molecule has 0 bridgehead atoms. The van der Waals surface area contributed by atoms with Crippen LogP contribution >= 0.6 is 35.1 Å². The fourth-order valence-corrected chi connectivity index (χ4v) is 5.26. The van der Waals surface area contributed by atoms with E-state index in [2.05, 4.69) is 37.3 Å². The summed E-state index contributed by atoms with van der Waals surface area (Å²) in [4.78, 5) is 17.0. The smallest absolute Gasteiger partial charge is 0.265 e. The third kappa shape index (κ3) is 3.86. The number of benzene rings is 3. The normalized spacial score (nSPS) is 11.1. The topological polar surface area (TPSA) is 22.0 Å². The molecule has 0 aliphatic carbocycles. The molecule has 0 aliphatic heterocycles. The maximum absolute atomic E-state index is 13.2. The number of para-hydroxylation sites is 1. The monoisotopic (exact) mass is 423 g/mol. The SMILES string of the molecule is Cc1ccc(Sc2c(Sc3ccc(Cl)cc3)c3ccccc3n(C)c2=O)cc1. The molecule has 0 radical (unpaired) electrons. The molecule has 0 amide bonds. The Hall–Kier alpha value is -2.14. The highest BCUT2D eigenvalue weighted by Crippen LogP contribution is 2.41. The van der Waals surface area contributed by atoms with E-state index in [0.717, 1.165) is 30.5 Å². The Labute approximate surface area is 177 Å². The predicted octanol–water partition coefficient (Wildman–Crippen LogP) is 6.80. The average molecular weight is 424 g/mol. The summed E-state index contributed by atoms with van der Waals surface area (Å²) in [7, 11) is 1.83. The summed E-state index contributed by atoms with van der Waals surface area (Å²) in [5, 5.41) is 1.77. The molecule has 1 aromatic heterocycles. The lowest BCUT2D eigenvalue weighted by molar-refractivity contribution is 0.859. The van der Waals surface area contributed by atoms with E-state index in [9.17, 15) is 4.79 Å². The van der Waals surface area contributed by atoms with Crippen LogP contribution in [0.3, 0.4) is 0 Å². The molecule has 0 atom stereocenters. The summed E-state index contributed by atoms with van der Waals surface area (Å²) in [5.74, 6) is 0. The van der Waals surface area contributed by atoms with E-state index in [-0.39, 0.29) is 5.56 Å².